The van der Waals surface area contributed by atoms with Crippen LogP contribution in [0.5, 0.6) is 0 Å². The van der Waals surface area contributed by atoms with E-state index < -0.39 is 0 Å². The highest BCUT2D eigenvalue weighted by Crippen LogP contribution is 2.25. The second kappa shape index (κ2) is 5.96. The first-order valence-electron chi connectivity index (χ1n) is 6.55. The summed E-state index contributed by atoms with van der Waals surface area (Å²) in [6.07, 6.45) is 9.05. The van der Waals surface area contributed by atoms with Crippen molar-refractivity contribution in [3.8, 4) is 0 Å². The standard InChI is InChI=1S/C13H22N4/c1-3-14-8-11-9-16-13(10-15-11)17(2)12-6-4-5-7-12/h9-10,12,14H,3-8H2,1-2H3. The van der Waals surface area contributed by atoms with Crippen LogP contribution in [0.3, 0.4) is 0 Å². The van der Waals surface area contributed by atoms with Crippen molar-refractivity contribution in [1.82, 2.24) is 15.3 Å². The van der Waals surface area contributed by atoms with Crippen LogP contribution in [0.4, 0.5) is 5.82 Å². The predicted molar refractivity (Wildman–Crippen MR) is 70.1 cm³/mol. The summed E-state index contributed by atoms with van der Waals surface area (Å²) >= 11 is 0. The van der Waals surface area contributed by atoms with E-state index in [-0.39, 0.29) is 0 Å². The van der Waals surface area contributed by atoms with E-state index in [4.69, 9.17) is 0 Å². The first-order chi connectivity index (χ1) is 8.31. The number of anilines is 1. The van der Waals surface area contributed by atoms with Crippen LogP contribution in [-0.4, -0.2) is 29.6 Å². The van der Waals surface area contributed by atoms with Gasteiger partial charge in [-0.05, 0) is 19.4 Å². The van der Waals surface area contributed by atoms with Crippen LogP contribution in [0.25, 0.3) is 0 Å². The lowest BCUT2D eigenvalue weighted by Crippen LogP contribution is -2.29. The fourth-order valence-corrected chi connectivity index (χ4v) is 2.35. The summed E-state index contributed by atoms with van der Waals surface area (Å²) in [4.78, 5) is 11.2. The second-order valence-corrected chi connectivity index (χ2v) is 4.70. The lowest BCUT2D eigenvalue weighted by Gasteiger charge is -2.24. The lowest BCUT2D eigenvalue weighted by atomic mass is 10.2. The van der Waals surface area contributed by atoms with Crippen molar-refractivity contribution in [2.45, 2.75) is 45.2 Å². The second-order valence-electron chi connectivity index (χ2n) is 4.70. The van der Waals surface area contributed by atoms with Gasteiger partial charge in [0.15, 0.2) is 0 Å². The maximum atomic E-state index is 4.50. The molecule has 0 spiro atoms. The van der Waals surface area contributed by atoms with E-state index in [0.717, 1.165) is 24.6 Å². The molecular weight excluding hydrogens is 212 g/mol. The molecule has 1 aromatic heterocycles. The largest absolute Gasteiger partial charge is 0.355 e. The molecule has 1 heterocycles. The van der Waals surface area contributed by atoms with Crippen molar-refractivity contribution in [2.75, 3.05) is 18.5 Å². The molecule has 4 nitrogen and oxygen atoms in total. The Balaban J connectivity index is 1.96. The molecule has 1 aliphatic carbocycles. The molecule has 1 aromatic rings. The Kier molecular flexibility index (Phi) is 4.31. The van der Waals surface area contributed by atoms with Gasteiger partial charge in [0.1, 0.15) is 5.82 Å². The zero-order valence-electron chi connectivity index (χ0n) is 10.8. The van der Waals surface area contributed by atoms with Gasteiger partial charge in [-0.3, -0.25) is 4.98 Å². The highest BCUT2D eigenvalue weighted by Gasteiger charge is 2.20. The number of hydrogen-bond donors (Lipinski definition) is 1. The molecule has 0 unspecified atom stereocenters. The number of nitrogens with zero attached hydrogens (tertiary/aromatic N) is 3. The minimum atomic E-state index is 0.656. The van der Waals surface area contributed by atoms with E-state index in [1.165, 1.54) is 25.7 Å². The Hall–Kier alpha value is -1.16. The summed E-state index contributed by atoms with van der Waals surface area (Å²) in [5.74, 6) is 0.997. The molecule has 0 radical (unpaired) electrons. The van der Waals surface area contributed by atoms with Crippen LogP contribution in [0.1, 0.15) is 38.3 Å². The van der Waals surface area contributed by atoms with Gasteiger partial charge in [0.05, 0.1) is 18.1 Å². The van der Waals surface area contributed by atoms with Crippen molar-refractivity contribution in [3.05, 3.63) is 18.1 Å². The minimum Gasteiger partial charge on any atom is -0.355 e. The molecule has 0 aliphatic heterocycles. The van der Waals surface area contributed by atoms with Gasteiger partial charge in [0.2, 0.25) is 0 Å². The zero-order chi connectivity index (χ0) is 12.1. The molecular formula is C13H22N4. The summed E-state index contributed by atoms with van der Waals surface area (Å²) in [5, 5.41) is 3.25. The number of hydrogen-bond acceptors (Lipinski definition) is 4. The third-order valence-electron chi connectivity index (χ3n) is 3.48. The molecule has 0 atom stereocenters. The Morgan fingerprint density at radius 1 is 1.29 bits per heavy atom. The van der Waals surface area contributed by atoms with Crippen LogP contribution in [0, 0.1) is 0 Å². The molecule has 2 rings (SSSR count). The third kappa shape index (κ3) is 3.16. The van der Waals surface area contributed by atoms with E-state index in [2.05, 4.69) is 34.2 Å². The minimum absolute atomic E-state index is 0.656. The number of nitrogens with one attached hydrogen (secondary N) is 1. The molecule has 94 valence electrons. The van der Waals surface area contributed by atoms with E-state index in [9.17, 15) is 0 Å². The maximum Gasteiger partial charge on any atom is 0.147 e. The van der Waals surface area contributed by atoms with Crippen molar-refractivity contribution in [3.63, 3.8) is 0 Å². The number of rotatable bonds is 5. The van der Waals surface area contributed by atoms with Crippen LogP contribution in [0.2, 0.25) is 0 Å². The number of aromatic nitrogens is 2. The quantitative estimate of drug-likeness (QED) is 0.845. The van der Waals surface area contributed by atoms with Crippen LogP contribution >= 0.6 is 0 Å². The Morgan fingerprint density at radius 3 is 2.65 bits per heavy atom. The summed E-state index contributed by atoms with van der Waals surface area (Å²) in [6.45, 7) is 3.86. The average Bonchev–Trinajstić information content (AvgIpc) is 2.90. The maximum absolute atomic E-state index is 4.50. The highest BCUT2D eigenvalue weighted by molar-refractivity contribution is 5.36. The normalized spacial score (nSPS) is 16.4. The van der Waals surface area contributed by atoms with Gasteiger partial charge < -0.3 is 10.2 Å². The molecule has 0 bridgehead atoms. The lowest BCUT2D eigenvalue weighted by molar-refractivity contribution is 0.642. The van der Waals surface area contributed by atoms with Crippen LogP contribution < -0.4 is 10.2 Å². The predicted octanol–water partition coefficient (Wildman–Crippen LogP) is 1.96. The van der Waals surface area contributed by atoms with E-state index in [1.54, 1.807) is 0 Å². The van der Waals surface area contributed by atoms with Gasteiger partial charge in [0.25, 0.3) is 0 Å². The van der Waals surface area contributed by atoms with E-state index in [0.29, 0.717) is 6.04 Å². The monoisotopic (exact) mass is 234 g/mol. The molecule has 17 heavy (non-hydrogen) atoms. The molecule has 1 N–H and O–H groups in total. The highest BCUT2D eigenvalue weighted by atomic mass is 15.2. The van der Waals surface area contributed by atoms with Crippen molar-refractivity contribution >= 4 is 5.82 Å². The van der Waals surface area contributed by atoms with Crippen LogP contribution in [0.15, 0.2) is 12.4 Å². The smallest absolute Gasteiger partial charge is 0.147 e. The molecule has 0 saturated heterocycles. The fourth-order valence-electron chi connectivity index (χ4n) is 2.35. The zero-order valence-corrected chi connectivity index (χ0v) is 10.8. The SMILES string of the molecule is CCNCc1cnc(N(C)C2CCCC2)cn1. The van der Waals surface area contributed by atoms with Gasteiger partial charge in [-0.1, -0.05) is 19.8 Å². The van der Waals surface area contributed by atoms with Gasteiger partial charge >= 0.3 is 0 Å². The van der Waals surface area contributed by atoms with E-state index >= 15 is 0 Å². The van der Waals surface area contributed by atoms with Gasteiger partial charge in [0, 0.05) is 19.6 Å². The molecule has 0 aromatic carbocycles. The van der Waals surface area contributed by atoms with Gasteiger partial charge in [-0.25, -0.2) is 4.98 Å². The summed E-state index contributed by atoms with van der Waals surface area (Å²) < 4.78 is 0. The van der Waals surface area contributed by atoms with Gasteiger partial charge in [-0.15, -0.1) is 0 Å². The first kappa shape index (κ1) is 12.3. The molecule has 4 heteroatoms. The topological polar surface area (TPSA) is 41.1 Å². The van der Waals surface area contributed by atoms with Crippen molar-refractivity contribution < 1.29 is 0 Å². The van der Waals surface area contributed by atoms with Crippen molar-refractivity contribution in [1.29, 1.82) is 0 Å². The molecule has 0 amide bonds. The van der Waals surface area contributed by atoms with E-state index in [1.807, 2.05) is 12.4 Å². The fraction of sp³-hybridized carbons (Fsp3) is 0.692. The summed E-state index contributed by atoms with van der Waals surface area (Å²) in [7, 11) is 2.13. The summed E-state index contributed by atoms with van der Waals surface area (Å²) in [6, 6.07) is 0.656. The molecule has 1 aliphatic rings. The summed E-state index contributed by atoms with van der Waals surface area (Å²) in [5.41, 5.74) is 1.01. The molecule has 1 saturated carbocycles. The third-order valence-corrected chi connectivity index (χ3v) is 3.48. The van der Waals surface area contributed by atoms with Gasteiger partial charge in [-0.2, -0.15) is 0 Å². The van der Waals surface area contributed by atoms with Crippen LogP contribution in [-0.2, 0) is 6.54 Å². The Morgan fingerprint density at radius 2 is 2.06 bits per heavy atom. The average molecular weight is 234 g/mol. The Labute approximate surface area is 103 Å². The first-order valence-corrected chi connectivity index (χ1v) is 6.55. The molecule has 1 fully saturated rings. The Bertz CT molecular complexity index is 330. The van der Waals surface area contributed by atoms with Crippen molar-refractivity contribution in [2.24, 2.45) is 0 Å².